The Morgan fingerprint density at radius 2 is 1.96 bits per heavy atom. The van der Waals surface area contributed by atoms with Crippen LogP contribution in [-0.2, 0) is 11.3 Å². The highest BCUT2D eigenvalue weighted by Crippen LogP contribution is 2.27. The number of nitrogens with zero attached hydrogens (tertiary/aromatic N) is 2. The molecule has 3 rings (SSSR count). The molecule has 1 heterocycles. The molecule has 1 atom stereocenters. The van der Waals surface area contributed by atoms with E-state index in [-0.39, 0.29) is 5.97 Å². The van der Waals surface area contributed by atoms with Gasteiger partial charge in [-0.05, 0) is 30.7 Å². The number of nitrogens with two attached hydrogens (primary N) is 1. The maximum Gasteiger partial charge on any atom is 0.337 e. The number of hydrogen-bond acceptors (Lipinski definition) is 5. The van der Waals surface area contributed by atoms with Crippen LogP contribution in [0.2, 0.25) is 0 Å². The Morgan fingerprint density at radius 1 is 1.20 bits per heavy atom. The molecule has 2 aromatic rings. The zero-order valence-electron chi connectivity index (χ0n) is 14.8. The minimum absolute atomic E-state index is 0.362. The summed E-state index contributed by atoms with van der Waals surface area (Å²) in [5.74, 6) is -0.362. The summed E-state index contributed by atoms with van der Waals surface area (Å²) in [6.45, 7) is 6.02. The van der Waals surface area contributed by atoms with Crippen molar-refractivity contribution >= 4 is 17.3 Å². The number of ether oxygens (including phenoxy) is 1. The van der Waals surface area contributed by atoms with Crippen molar-refractivity contribution < 1.29 is 9.53 Å². The highest BCUT2D eigenvalue weighted by molar-refractivity contribution is 5.92. The first-order valence-electron chi connectivity index (χ1n) is 8.59. The lowest BCUT2D eigenvalue weighted by Crippen LogP contribution is -2.51. The Labute approximate surface area is 149 Å². The maximum absolute atomic E-state index is 11.6. The normalized spacial score (nSPS) is 18.2. The van der Waals surface area contributed by atoms with Gasteiger partial charge in [0, 0.05) is 32.2 Å². The molecule has 0 aromatic heterocycles. The summed E-state index contributed by atoms with van der Waals surface area (Å²) in [5.41, 5.74) is 9.61. The van der Waals surface area contributed by atoms with E-state index in [1.54, 1.807) is 12.1 Å². The average molecular weight is 339 g/mol. The van der Waals surface area contributed by atoms with E-state index < -0.39 is 0 Å². The van der Waals surface area contributed by atoms with Crippen molar-refractivity contribution in [2.75, 3.05) is 37.4 Å². The molecule has 1 aliphatic heterocycles. The average Bonchev–Trinajstić information content (AvgIpc) is 2.63. The molecule has 0 aliphatic carbocycles. The highest BCUT2D eigenvalue weighted by Gasteiger charge is 2.25. The van der Waals surface area contributed by atoms with E-state index in [1.807, 2.05) is 12.1 Å². The molecule has 25 heavy (non-hydrogen) atoms. The number of anilines is 2. The number of nitrogen functional groups attached to an aromatic ring is 1. The van der Waals surface area contributed by atoms with E-state index in [1.165, 1.54) is 12.7 Å². The second-order valence-corrected chi connectivity index (χ2v) is 6.52. The quantitative estimate of drug-likeness (QED) is 0.686. The summed E-state index contributed by atoms with van der Waals surface area (Å²) in [6.07, 6.45) is 0. The second kappa shape index (κ2) is 7.57. The summed E-state index contributed by atoms with van der Waals surface area (Å²) >= 11 is 0. The molecule has 0 amide bonds. The number of piperazine rings is 1. The highest BCUT2D eigenvalue weighted by atomic mass is 16.5. The summed E-state index contributed by atoms with van der Waals surface area (Å²) in [4.78, 5) is 16.4. The number of rotatable bonds is 4. The van der Waals surface area contributed by atoms with E-state index in [2.05, 4.69) is 41.0 Å². The fourth-order valence-electron chi connectivity index (χ4n) is 3.35. The smallest absolute Gasteiger partial charge is 0.337 e. The van der Waals surface area contributed by atoms with E-state index in [9.17, 15) is 4.79 Å². The van der Waals surface area contributed by atoms with E-state index in [0.717, 1.165) is 31.9 Å². The van der Waals surface area contributed by atoms with E-state index in [0.29, 0.717) is 17.3 Å². The Morgan fingerprint density at radius 3 is 2.60 bits per heavy atom. The van der Waals surface area contributed by atoms with Crippen LogP contribution in [0.4, 0.5) is 11.4 Å². The van der Waals surface area contributed by atoms with Gasteiger partial charge in [-0.1, -0.05) is 30.3 Å². The summed E-state index contributed by atoms with van der Waals surface area (Å²) in [7, 11) is 1.38. The van der Waals surface area contributed by atoms with Gasteiger partial charge in [0.25, 0.3) is 0 Å². The van der Waals surface area contributed by atoms with Crippen LogP contribution in [0.1, 0.15) is 22.8 Å². The van der Waals surface area contributed by atoms with Crippen molar-refractivity contribution in [1.29, 1.82) is 0 Å². The van der Waals surface area contributed by atoms with E-state index >= 15 is 0 Å². The van der Waals surface area contributed by atoms with Crippen LogP contribution >= 0.6 is 0 Å². The monoisotopic (exact) mass is 339 g/mol. The topological polar surface area (TPSA) is 58.8 Å². The third-order valence-corrected chi connectivity index (χ3v) is 4.78. The van der Waals surface area contributed by atoms with Crippen molar-refractivity contribution in [2.24, 2.45) is 0 Å². The fraction of sp³-hybridized carbons (Fsp3) is 0.350. The molecule has 5 heteroatoms. The molecule has 2 N–H and O–H groups in total. The van der Waals surface area contributed by atoms with E-state index in [4.69, 9.17) is 10.5 Å². The van der Waals surface area contributed by atoms with Gasteiger partial charge in [-0.3, -0.25) is 4.90 Å². The first kappa shape index (κ1) is 17.3. The molecule has 132 valence electrons. The number of carbonyl (C=O) groups excluding carboxylic acids is 1. The number of carbonyl (C=O) groups is 1. The van der Waals surface area contributed by atoms with Gasteiger partial charge in [-0.25, -0.2) is 4.79 Å². The lowest BCUT2D eigenvalue weighted by atomic mass is 10.1. The SMILES string of the molecule is COC(=O)c1ccc(N2CCN(Cc3ccccc3)C(C)C2)c(N)c1. The van der Waals surface area contributed by atoms with Gasteiger partial charge >= 0.3 is 5.97 Å². The molecule has 0 spiro atoms. The lowest BCUT2D eigenvalue weighted by molar-refractivity contribution is 0.0601. The standard InChI is InChI=1S/C20H25N3O2/c1-15-13-23(11-10-22(15)14-16-6-4-3-5-7-16)19-9-8-17(12-18(19)21)20(24)25-2/h3-9,12,15H,10-11,13-14,21H2,1-2H3. The van der Waals surface area contributed by atoms with Crippen LogP contribution in [0.3, 0.4) is 0 Å². The van der Waals surface area contributed by atoms with Crippen molar-refractivity contribution in [2.45, 2.75) is 19.5 Å². The molecule has 0 saturated carbocycles. The van der Waals surface area contributed by atoms with Crippen molar-refractivity contribution in [3.05, 3.63) is 59.7 Å². The molecule has 0 radical (unpaired) electrons. The molecule has 1 saturated heterocycles. The Balaban J connectivity index is 1.67. The van der Waals surface area contributed by atoms with Gasteiger partial charge in [0.1, 0.15) is 0 Å². The molecular formula is C20H25N3O2. The zero-order valence-corrected chi connectivity index (χ0v) is 14.8. The maximum atomic E-state index is 11.6. The van der Waals surface area contributed by atoms with Crippen LogP contribution < -0.4 is 10.6 Å². The van der Waals surface area contributed by atoms with Crippen molar-refractivity contribution in [3.63, 3.8) is 0 Å². The van der Waals surface area contributed by atoms with Gasteiger partial charge in [-0.2, -0.15) is 0 Å². The minimum atomic E-state index is -0.362. The molecule has 1 aliphatic rings. The largest absolute Gasteiger partial charge is 0.465 e. The molecule has 0 bridgehead atoms. The van der Waals surface area contributed by atoms with Crippen molar-refractivity contribution in [3.8, 4) is 0 Å². The van der Waals surface area contributed by atoms with Gasteiger partial charge in [0.05, 0.1) is 24.0 Å². The molecule has 5 nitrogen and oxygen atoms in total. The van der Waals surface area contributed by atoms with Gasteiger partial charge in [-0.15, -0.1) is 0 Å². The molecule has 2 aromatic carbocycles. The van der Waals surface area contributed by atoms with Gasteiger partial charge in [0.2, 0.25) is 0 Å². The molecule has 1 unspecified atom stereocenters. The van der Waals surface area contributed by atoms with Crippen LogP contribution in [0, 0.1) is 0 Å². The number of methoxy groups -OCH3 is 1. The second-order valence-electron chi connectivity index (χ2n) is 6.52. The predicted octanol–water partition coefficient (Wildman–Crippen LogP) is 2.77. The van der Waals surface area contributed by atoms with Crippen LogP contribution in [-0.4, -0.2) is 43.7 Å². The Bertz CT molecular complexity index is 733. The number of hydrogen-bond donors (Lipinski definition) is 1. The summed E-state index contributed by atoms with van der Waals surface area (Å²) in [6, 6.07) is 16.4. The Hall–Kier alpha value is -2.53. The Kier molecular flexibility index (Phi) is 5.24. The first-order valence-corrected chi connectivity index (χ1v) is 8.59. The third-order valence-electron chi connectivity index (χ3n) is 4.78. The third kappa shape index (κ3) is 3.94. The zero-order chi connectivity index (χ0) is 17.8. The lowest BCUT2D eigenvalue weighted by Gasteiger charge is -2.41. The van der Waals surface area contributed by atoms with Crippen LogP contribution in [0.15, 0.2) is 48.5 Å². The molecular weight excluding hydrogens is 314 g/mol. The fourth-order valence-corrected chi connectivity index (χ4v) is 3.35. The first-order chi connectivity index (χ1) is 12.1. The van der Waals surface area contributed by atoms with Crippen LogP contribution in [0.5, 0.6) is 0 Å². The predicted molar refractivity (Wildman–Crippen MR) is 101 cm³/mol. The summed E-state index contributed by atoms with van der Waals surface area (Å²) in [5, 5.41) is 0. The molecule has 1 fully saturated rings. The van der Waals surface area contributed by atoms with Crippen LogP contribution in [0.25, 0.3) is 0 Å². The number of benzene rings is 2. The summed E-state index contributed by atoms with van der Waals surface area (Å²) < 4.78 is 4.75. The van der Waals surface area contributed by atoms with Gasteiger partial charge < -0.3 is 15.4 Å². The number of esters is 1. The van der Waals surface area contributed by atoms with Crippen molar-refractivity contribution in [1.82, 2.24) is 4.90 Å². The van der Waals surface area contributed by atoms with Gasteiger partial charge in [0.15, 0.2) is 0 Å². The minimum Gasteiger partial charge on any atom is -0.465 e.